The average molecular weight is 518 g/mol. The minimum atomic E-state index is 0. The highest BCUT2D eigenvalue weighted by Crippen LogP contribution is 2.19. The van der Waals surface area contributed by atoms with Gasteiger partial charge in [-0.1, -0.05) is 33.1 Å². The van der Waals surface area contributed by atoms with Gasteiger partial charge in [-0.15, -0.1) is 34.2 Å². The van der Waals surface area contributed by atoms with Crippen molar-refractivity contribution in [1.29, 1.82) is 0 Å². The van der Waals surface area contributed by atoms with Crippen LogP contribution in [0, 0.1) is 12.8 Å². The number of likely N-dealkylation sites (tertiary alicyclic amines) is 1. The number of nitrogens with zero attached hydrogens (tertiary/aromatic N) is 5. The quantitative estimate of drug-likeness (QED) is 0.330. The van der Waals surface area contributed by atoms with Crippen molar-refractivity contribution < 1.29 is 0 Å². The van der Waals surface area contributed by atoms with Crippen LogP contribution in [0.5, 0.6) is 0 Å². The smallest absolute Gasteiger partial charge is 0.191 e. The molecule has 0 bridgehead atoms. The minimum Gasteiger partial charge on any atom is -0.355 e. The molecule has 1 atom stereocenters. The summed E-state index contributed by atoms with van der Waals surface area (Å²) in [5.74, 6) is 3.48. The van der Waals surface area contributed by atoms with E-state index in [2.05, 4.69) is 39.6 Å². The second kappa shape index (κ2) is 12.1. The molecule has 29 heavy (non-hydrogen) atoms. The average Bonchev–Trinajstić information content (AvgIpc) is 3.25. The van der Waals surface area contributed by atoms with Crippen molar-refractivity contribution in [3.63, 3.8) is 0 Å². The Labute approximate surface area is 193 Å². The van der Waals surface area contributed by atoms with Gasteiger partial charge in [0.25, 0.3) is 0 Å². The third-order valence-corrected chi connectivity index (χ3v) is 6.11. The van der Waals surface area contributed by atoms with E-state index in [0.717, 1.165) is 24.2 Å². The van der Waals surface area contributed by atoms with Gasteiger partial charge in [-0.3, -0.25) is 4.90 Å². The van der Waals surface area contributed by atoms with Gasteiger partial charge < -0.3 is 15.2 Å². The molecule has 0 spiro atoms. The summed E-state index contributed by atoms with van der Waals surface area (Å²) < 4.78 is 2.02. The van der Waals surface area contributed by atoms with E-state index >= 15 is 0 Å². The largest absolute Gasteiger partial charge is 0.355 e. The maximum Gasteiger partial charge on any atom is 0.191 e. The van der Waals surface area contributed by atoms with Crippen molar-refractivity contribution in [2.45, 2.75) is 84.3 Å². The van der Waals surface area contributed by atoms with Crippen LogP contribution in [-0.4, -0.2) is 57.3 Å². The number of aliphatic imine (C=N–C) groups is 1. The molecule has 1 aliphatic carbocycles. The predicted molar refractivity (Wildman–Crippen MR) is 130 cm³/mol. The van der Waals surface area contributed by atoms with Crippen LogP contribution in [0.3, 0.4) is 0 Å². The molecule has 1 aliphatic heterocycles. The first kappa shape index (κ1) is 24.4. The lowest BCUT2D eigenvalue weighted by Crippen LogP contribution is -2.48. The molecule has 2 N–H and O–H groups in total. The van der Waals surface area contributed by atoms with E-state index in [1.165, 1.54) is 58.0 Å². The maximum atomic E-state index is 4.86. The Morgan fingerprint density at radius 3 is 2.55 bits per heavy atom. The van der Waals surface area contributed by atoms with Crippen LogP contribution in [0.1, 0.15) is 70.4 Å². The number of nitrogens with one attached hydrogen (secondary N) is 2. The van der Waals surface area contributed by atoms with Crippen molar-refractivity contribution in [3.8, 4) is 0 Å². The SMILES string of the molecule is Cc1nnc(CN=C(NC[C@H]2CCCN2CC(C)C)NC2CCCCC2)n1C.I. The van der Waals surface area contributed by atoms with Crippen LogP contribution in [0.4, 0.5) is 0 Å². The fourth-order valence-corrected chi connectivity index (χ4v) is 4.38. The summed E-state index contributed by atoms with van der Waals surface area (Å²) >= 11 is 0. The molecule has 1 aromatic heterocycles. The Morgan fingerprint density at radius 1 is 1.14 bits per heavy atom. The second-order valence-electron chi connectivity index (χ2n) is 8.93. The van der Waals surface area contributed by atoms with E-state index in [1.807, 2.05) is 18.5 Å². The Hall–Kier alpha value is -0.900. The number of hydrogen-bond acceptors (Lipinski definition) is 4. The molecule has 0 amide bonds. The zero-order valence-electron chi connectivity index (χ0n) is 18.7. The lowest BCUT2D eigenvalue weighted by molar-refractivity contribution is 0.226. The van der Waals surface area contributed by atoms with Crippen LogP contribution in [0.15, 0.2) is 4.99 Å². The first-order chi connectivity index (χ1) is 13.5. The molecule has 1 saturated heterocycles. The number of rotatable bonds is 7. The normalized spacial score (nSPS) is 21.4. The number of hydrogen-bond donors (Lipinski definition) is 2. The molecule has 0 radical (unpaired) electrons. The highest BCUT2D eigenvalue weighted by atomic mass is 127. The van der Waals surface area contributed by atoms with Crippen molar-refractivity contribution in [3.05, 3.63) is 11.6 Å². The van der Waals surface area contributed by atoms with Gasteiger partial charge in [0.05, 0.1) is 0 Å². The van der Waals surface area contributed by atoms with E-state index in [0.29, 0.717) is 24.5 Å². The molecule has 1 aromatic rings. The standard InChI is InChI=1S/C21H39N7.HI/c1-16(2)15-28-12-8-11-19(28)13-22-21(24-18-9-6-5-7-10-18)23-14-20-26-25-17(3)27(20)4;/h16,18-19H,5-15H2,1-4H3,(H2,22,23,24);1H/t19-;/m1./s1. The summed E-state index contributed by atoms with van der Waals surface area (Å²) in [4.78, 5) is 7.50. The topological polar surface area (TPSA) is 70.4 Å². The summed E-state index contributed by atoms with van der Waals surface area (Å²) in [6.07, 6.45) is 9.07. The highest BCUT2D eigenvalue weighted by molar-refractivity contribution is 14.0. The maximum absolute atomic E-state index is 4.86. The number of halogens is 1. The molecule has 166 valence electrons. The fourth-order valence-electron chi connectivity index (χ4n) is 4.38. The molecule has 3 rings (SSSR count). The molecular weight excluding hydrogens is 477 g/mol. The van der Waals surface area contributed by atoms with Crippen LogP contribution >= 0.6 is 24.0 Å². The van der Waals surface area contributed by atoms with Crippen LogP contribution in [-0.2, 0) is 13.6 Å². The third kappa shape index (κ3) is 7.38. The van der Waals surface area contributed by atoms with Crippen LogP contribution in [0.2, 0.25) is 0 Å². The van der Waals surface area contributed by atoms with Crippen molar-refractivity contribution in [2.24, 2.45) is 18.0 Å². The molecule has 1 saturated carbocycles. The second-order valence-corrected chi connectivity index (χ2v) is 8.93. The first-order valence-electron chi connectivity index (χ1n) is 11.2. The lowest BCUT2D eigenvalue weighted by atomic mass is 9.96. The summed E-state index contributed by atoms with van der Waals surface area (Å²) in [6.45, 7) is 10.5. The molecule has 2 heterocycles. The van der Waals surface area contributed by atoms with E-state index in [1.54, 1.807) is 0 Å². The Balaban J connectivity index is 0.00000300. The fraction of sp³-hybridized carbons (Fsp3) is 0.857. The van der Waals surface area contributed by atoms with Crippen molar-refractivity contribution in [1.82, 2.24) is 30.3 Å². The van der Waals surface area contributed by atoms with Gasteiger partial charge in [0.15, 0.2) is 11.8 Å². The van der Waals surface area contributed by atoms with E-state index < -0.39 is 0 Å². The van der Waals surface area contributed by atoms with Crippen LogP contribution < -0.4 is 10.6 Å². The van der Waals surface area contributed by atoms with Gasteiger partial charge in [0.1, 0.15) is 12.4 Å². The molecule has 2 aliphatic rings. The monoisotopic (exact) mass is 517 g/mol. The zero-order valence-corrected chi connectivity index (χ0v) is 21.0. The highest BCUT2D eigenvalue weighted by Gasteiger charge is 2.25. The Kier molecular flexibility index (Phi) is 10.1. The van der Waals surface area contributed by atoms with Gasteiger partial charge in [-0.05, 0) is 45.1 Å². The number of guanidine groups is 1. The molecule has 0 aromatic carbocycles. The van der Waals surface area contributed by atoms with Gasteiger partial charge >= 0.3 is 0 Å². The lowest BCUT2D eigenvalue weighted by Gasteiger charge is -2.29. The van der Waals surface area contributed by atoms with Gasteiger partial charge in [-0.25, -0.2) is 4.99 Å². The summed E-state index contributed by atoms with van der Waals surface area (Å²) in [6, 6.07) is 1.15. The molecule has 7 nitrogen and oxygen atoms in total. The van der Waals surface area contributed by atoms with E-state index in [-0.39, 0.29) is 24.0 Å². The van der Waals surface area contributed by atoms with Crippen molar-refractivity contribution in [2.75, 3.05) is 19.6 Å². The predicted octanol–water partition coefficient (Wildman–Crippen LogP) is 3.23. The van der Waals surface area contributed by atoms with Gasteiger partial charge in [0.2, 0.25) is 0 Å². The minimum absolute atomic E-state index is 0. The molecule has 0 unspecified atom stereocenters. The molecular formula is C21H40IN7. The summed E-state index contributed by atoms with van der Waals surface area (Å²) in [5, 5.41) is 15.8. The Morgan fingerprint density at radius 2 is 1.90 bits per heavy atom. The van der Waals surface area contributed by atoms with E-state index in [9.17, 15) is 0 Å². The van der Waals surface area contributed by atoms with Crippen LogP contribution in [0.25, 0.3) is 0 Å². The first-order valence-corrected chi connectivity index (χ1v) is 11.2. The Bertz CT molecular complexity index is 637. The summed E-state index contributed by atoms with van der Waals surface area (Å²) in [7, 11) is 2.00. The molecule has 2 fully saturated rings. The third-order valence-electron chi connectivity index (χ3n) is 6.11. The number of aromatic nitrogens is 3. The van der Waals surface area contributed by atoms with E-state index in [4.69, 9.17) is 4.99 Å². The van der Waals surface area contributed by atoms with Crippen molar-refractivity contribution >= 4 is 29.9 Å². The zero-order chi connectivity index (χ0) is 19.9. The molecule has 8 heteroatoms. The summed E-state index contributed by atoms with van der Waals surface area (Å²) in [5.41, 5.74) is 0. The van der Waals surface area contributed by atoms with Gasteiger partial charge in [0, 0.05) is 32.2 Å². The van der Waals surface area contributed by atoms with Gasteiger partial charge in [-0.2, -0.15) is 0 Å². The number of aryl methyl sites for hydroxylation is 1.